The van der Waals surface area contributed by atoms with E-state index < -0.39 is 16.1 Å². The average molecular weight is 545 g/mol. The number of sulfonamides is 1. The first-order chi connectivity index (χ1) is 18.1. The number of aromatic hydroxyl groups is 1. The number of hydrogen-bond donors (Lipinski definition) is 4. The fraction of sp³-hybridized carbons (Fsp3) is 0.357. The number of aliphatic hydroxyl groups excluding tert-OH is 1. The maximum Gasteiger partial charge on any atom is 0.229 e. The Balaban J connectivity index is 1.59. The molecular weight excluding hydrogens is 508 g/mol. The lowest BCUT2D eigenvalue weighted by molar-refractivity contribution is 0.103. The first-order valence-electron chi connectivity index (χ1n) is 12.2. The molecule has 0 radical (unpaired) electrons. The van der Waals surface area contributed by atoms with Crippen molar-refractivity contribution in [2.75, 3.05) is 38.3 Å². The monoisotopic (exact) mass is 544 g/mol. The molecule has 0 fully saturated rings. The van der Waals surface area contributed by atoms with Crippen LogP contribution in [0, 0.1) is 0 Å². The van der Waals surface area contributed by atoms with Gasteiger partial charge in [0.1, 0.15) is 35.7 Å². The van der Waals surface area contributed by atoms with Crippen LogP contribution >= 0.6 is 0 Å². The van der Waals surface area contributed by atoms with Crippen molar-refractivity contribution >= 4 is 15.7 Å². The number of hydrogen-bond acceptors (Lipinski definition) is 8. The van der Waals surface area contributed by atoms with Gasteiger partial charge in [0.25, 0.3) is 0 Å². The highest BCUT2D eigenvalue weighted by Gasteiger charge is 2.19. The summed E-state index contributed by atoms with van der Waals surface area (Å²) in [6.45, 7) is 2.35. The molecule has 10 heteroatoms. The van der Waals surface area contributed by atoms with E-state index >= 15 is 0 Å². The number of aliphatic hydroxyl groups is 1. The number of phenolic OH excluding ortho intramolecular Hbond substituents is 1. The minimum atomic E-state index is -3.56. The van der Waals surface area contributed by atoms with E-state index in [1.165, 1.54) is 18.2 Å². The van der Waals surface area contributed by atoms with E-state index in [1.807, 2.05) is 24.3 Å². The van der Waals surface area contributed by atoms with E-state index in [1.54, 1.807) is 14.2 Å². The van der Waals surface area contributed by atoms with Crippen molar-refractivity contribution in [3.05, 3.63) is 77.9 Å². The van der Waals surface area contributed by atoms with Gasteiger partial charge in [-0.3, -0.25) is 4.72 Å². The maximum atomic E-state index is 11.5. The molecule has 0 amide bonds. The van der Waals surface area contributed by atoms with E-state index in [-0.39, 0.29) is 30.0 Å². The lowest BCUT2D eigenvalue weighted by atomic mass is 9.86. The molecule has 0 spiro atoms. The van der Waals surface area contributed by atoms with Gasteiger partial charge < -0.3 is 29.7 Å². The largest absolute Gasteiger partial charge is 0.506 e. The van der Waals surface area contributed by atoms with Gasteiger partial charge in [-0.15, -0.1) is 0 Å². The summed E-state index contributed by atoms with van der Waals surface area (Å²) in [5.41, 5.74) is 2.31. The predicted molar refractivity (Wildman–Crippen MR) is 148 cm³/mol. The van der Waals surface area contributed by atoms with E-state index in [4.69, 9.17) is 14.2 Å². The fourth-order valence-electron chi connectivity index (χ4n) is 4.05. The van der Waals surface area contributed by atoms with Crippen LogP contribution in [-0.4, -0.2) is 64.4 Å². The highest BCUT2D eigenvalue weighted by Crippen LogP contribution is 2.32. The SMILES string of the molecule is COc1ccc(C(CC(C)NC[C@H](O)COc2ccc(O)c(NS(C)(=O)=O)c2)c2ccc(OC)cc2)cc1. The summed E-state index contributed by atoms with van der Waals surface area (Å²) in [5, 5.41) is 23.7. The number of benzene rings is 3. The molecule has 1 unspecified atom stereocenters. The zero-order valence-electron chi connectivity index (χ0n) is 22.0. The van der Waals surface area contributed by atoms with Gasteiger partial charge in [-0.25, -0.2) is 8.42 Å². The van der Waals surface area contributed by atoms with Crippen LogP contribution in [0.25, 0.3) is 0 Å². The van der Waals surface area contributed by atoms with Crippen LogP contribution in [0.3, 0.4) is 0 Å². The molecule has 0 saturated heterocycles. The molecule has 4 N–H and O–H groups in total. The Morgan fingerprint density at radius 2 is 1.39 bits per heavy atom. The Labute approximate surface area is 224 Å². The number of ether oxygens (including phenoxy) is 3. The minimum absolute atomic E-state index is 0.00865. The lowest BCUT2D eigenvalue weighted by Gasteiger charge is -2.24. The van der Waals surface area contributed by atoms with Crippen LogP contribution in [0.4, 0.5) is 5.69 Å². The minimum Gasteiger partial charge on any atom is -0.506 e. The molecule has 0 aliphatic carbocycles. The van der Waals surface area contributed by atoms with Crippen LogP contribution in [0.2, 0.25) is 0 Å². The molecule has 2 atom stereocenters. The molecule has 38 heavy (non-hydrogen) atoms. The third kappa shape index (κ3) is 8.83. The van der Waals surface area contributed by atoms with E-state index in [2.05, 4.69) is 41.2 Å². The summed E-state index contributed by atoms with van der Waals surface area (Å²) < 4.78 is 41.4. The highest BCUT2D eigenvalue weighted by atomic mass is 32.2. The molecule has 0 bridgehead atoms. The molecule has 3 aromatic rings. The topological polar surface area (TPSA) is 126 Å². The van der Waals surface area contributed by atoms with Gasteiger partial charge in [0.05, 0.1) is 26.2 Å². The van der Waals surface area contributed by atoms with Crippen molar-refractivity contribution in [2.45, 2.75) is 31.4 Å². The van der Waals surface area contributed by atoms with E-state index in [0.29, 0.717) is 12.3 Å². The standard InChI is InChI=1S/C28H36N2O7S/c1-19(29-17-22(31)18-37-25-13-14-28(32)27(16-25)30-38(4,33)34)15-26(20-5-9-23(35-2)10-6-20)21-7-11-24(36-3)12-8-21/h5-14,16,19,22,26,29-32H,15,17-18H2,1-4H3/t19?,22-/m0/s1. The van der Waals surface area contributed by atoms with Crippen molar-refractivity contribution in [3.8, 4) is 23.0 Å². The van der Waals surface area contributed by atoms with Gasteiger partial charge >= 0.3 is 0 Å². The van der Waals surface area contributed by atoms with Gasteiger partial charge in [-0.1, -0.05) is 24.3 Å². The first-order valence-corrected chi connectivity index (χ1v) is 14.1. The summed E-state index contributed by atoms with van der Waals surface area (Å²) in [4.78, 5) is 0. The van der Waals surface area contributed by atoms with Crippen LogP contribution in [0.15, 0.2) is 66.7 Å². The van der Waals surface area contributed by atoms with Crippen LogP contribution < -0.4 is 24.2 Å². The molecule has 0 aromatic heterocycles. The predicted octanol–water partition coefficient (Wildman–Crippen LogP) is 3.72. The van der Waals surface area contributed by atoms with Crippen LogP contribution in [0.1, 0.15) is 30.4 Å². The van der Waals surface area contributed by atoms with Crippen molar-refractivity contribution < 1.29 is 32.8 Å². The van der Waals surface area contributed by atoms with Gasteiger partial charge in [-0.05, 0) is 60.9 Å². The molecule has 0 saturated carbocycles. The van der Waals surface area contributed by atoms with Crippen molar-refractivity contribution in [1.82, 2.24) is 5.32 Å². The molecule has 9 nitrogen and oxygen atoms in total. The Bertz CT molecular complexity index is 1220. The highest BCUT2D eigenvalue weighted by molar-refractivity contribution is 7.92. The second kappa shape index (κ2) is 13.4. The fourth-order valence-corrected chi connectivity index (χ4v) is 4.61. The van der Waals surface area contributed by atoms with Gasteiger partial charge in [0.2, 0.25) is 10.0 Å². The number of anilines is 1. The molecule has 0 heterocycles. The summed E-state index contributed by atoms with van der Waals surface area (Å²) in [6, 6.07) is 20.3. The van der Waals surface area contributed by atoms with Crippen LogP contribution in [-0.2, 0) is 10.0 Å². The summed E-state index contributed by atoms with van der Waals surface area (Å²) >= 11 is 0. The third-order valence-electron chi connectivity index (χ3n) is 6.03. The van der Waals surface area contributed by atoms with Crippen molar-refractivity contribution in [2.24, 2.45) is 0 Å². The zero-order valence-corrected chi connectivity index (χ0v) is 22.9. The first kappa shape index (κ1) is 29.1. The van der Waals surface area contributed by atoms with Gasteiger partial charge in [0, 0.05) is 24.6 Å². The Kier molecular flexibility index (Phi) is 10.2. The Morgan fingerprint density at radius 3 is 1.89 bits per heavy atom. The number of nitrogens with one attached hydrogen (secondary N) is 2. The molecule has 3 rings (SSSR count). The lowest BCUT2D eigenvalue weighted by Crippen LogP contribution is -2.37. The van der Waals surface area contributed by atoms with E-state index in [0.717, 1.165) is 35.3 Å². The molecular formula is C28H36N2O7S. The average Bonchev–Trinajstić information content (AvgIpc) is 2.90. The van der Waals surface area contributed by atoms with Gasteiger partial charge in [0.15, 0.2) is 0 Å². The number of methoxy groups -OCH3 is 2. The number of rotatable bonds is 14. The normalized spacial score (nSPS) is 13.1. The summed E-state index contributed by atoms with van der Waals surface area (Å²) in [5.74, 6) is 1.80. The smallest absolute Gasteiger partial charge is 0.229 e. The third-order valence-corrected chi connectivity index (χ3v) is 6.62. The molecule has 0 aliphatic heterocycles. The summed E-state index contributed by atoms with van der Waals surface area (Å²) in [7, 11) is -0.275. The maximum absolute atomic E-state index is 11.5. The molecule has 206 valence electrons. The Morgan fingerprint density at radius 1 is 0.868 bits per heavy atom. The van der Waals surface area contributed by atoms with Crippen molar-refractivity contribution in [3.63, 3.8) is 0 Å². The summed E-state index contributed by atoms with van der Waals surface area (Å²) in [6.07, 6.45) is 0.966. The van der Waals surface area contributed by atoms with Crippen molar-refractivity contribution in [1.29, 1.82) is 0 Å². The quantitative estimate of drug-likeness (QED) is 0.226. The molecule has 3 aromatic carbocycles. The second-order valence-electron chi connectivity index (χ2n) is 9.16. The zero-order chi connectivity index (χ0) is 27.7. The van der Waals surface area contributed by atoms with E-state index in [9.17, 15) is 18.6 Å². The molecule has 0 aliphatic rings. The van der Waals surface area contributed by atoms with Crippen LogP contribution in [0.5, 0.6) is 23.0 Å². The van der Waals surface area contributed by atoms with Gasteiger partial charge in [-0.2, -0.15) is 0 Å². The number of phenols is 1. The Hall–Kier alpha value is -3.47. The second-order valence-corrected chi connectivity index (χ2v) is 10.9.